The summed E-state index contributed by atoms with van der Waals surface area (Å²) in [7, 11) is -3.79. The molecule has 0 saturated carbocycles. The first kappa shape index (κ1) is 21.5. The van der Waals surface area contributed by atoms with E-state index in [1.54, 1.807) is 19.1 Å². The lowest BCUT2D eigenvalue weighted by Crippen LogP contribution is -2.32. The molecule has 0 saturated heterocycles. The molecular formula is C20H21N3O6S. The van der Waals surface area contributed by atoms with Crippen LogP contribution in [-0.4, -0.2) is 38.1 Å². The van der Waals surface area contributed by atoms with Crippen molar-refractivity contribution in [2.24, 2.45) is 0 Å². The zero-order valence-corrected chi connectivity index (χ0v) is 17.2. The number of nitrogens with zero attached hydrogens (tertiary/aromatic N) is 1. The van der Waals surface area contributed by atoms with E-state index in [9.17, 15) is 18.0 Å². The van der Waals surface area contributed by atoms with Gasteiger partial charge in [-0.2, -0.15) is 0 Å². The van der Waals surface area contributed by atoms with E-state index >= 15 is 0 Å². The van der Waals surface area contributed by atoms with Crippen molar-refractivity contribution in [1.29, 1.82) is 0 Å². The molecule has 1 amide bonds. The van der Waals surface area contributed by atoms with Crippen LogP contribution >= 0.6 is 0 Å². The molecule has 0 bridgehead atoms. The number of rotatable bonds is 8. The number of esters is 1. The molecule has 3 aromatic rings. The molecule has 2 aromatic carbocycles. The number of nitrogens with one attached hydrogen (secondary N) is 2. The number of hydrogen-bond donors (Lipinski definition) is 2. The van der Waals surface area contributed by atoms with Gasteiger partial charge in [-0.3, -0.25) is 14.9 Å². The first-order chi connectivity index (χ1) is 14.2. The van der Waals surface area contributed by atoms with Crippen LogP contribution in [0.5, 0.6) is 0 Å². The summed E-state index contributed by atoms with van der Waals surface area (Å²) >= 11 is 0. The number of benzene rings is 2. The van der Waals surface area contributed by atoms with Gasteiger partial charge in [0.15, 0.2) is 6.10 Å². The van der Waals surface area contributed by atoms with Crippen LogP contribution in [-0.2, 0) is 24.3 Å². The molecule has 1 unspecified atom stereocenters. The van der Waals surface area contributed by atoms with Crippen molar-refractivity contribution in [2.45, 2.75) is 31.3 Å². The predicted octanol–water partition coefficient (Wildman–Crippen LogP) is 2.38. The average molecular weight is 431 g/mol. The number of fused-ring (bicyclic) bond motifs is 1. The molecule has 1 atom stereocenters. The summed E-state index contributed by atoms with van der Waals surface area (Å²) < 4.78 is 37.1. The van der Waals surface area contributed by atoms with Crippen molar-refractivity contribution in [2.75, 3.05) is 11.9 Å². The highest BCUT2D eigenvalue weighted by Crippen LogP contribution is 2.18. The average Bonchev–Trinajstić information content (AvgIpc) is 3.11. The van der Waals surface area contributed by atoms with Gasteiger partial charge in [-0.25, -0.2) is 13.1 Å². The van der Waals surface area contributed by atoms with E-state index in [0.717, 1.165) is 10.8 Å². The fraction of sp³-hybridized carbons (Fsp3) is 0.250. The Morgan fingerprint density at radius 3 is 2.57 bits per heavy atom. The molecule has 30 heavy (non-hydrogen) atoms. The second-order valence-electron chi connectivity index (χ2n) is 6.61. The normalized spacial score (nSPS) is 12.5. The lowest BCUT2D eigenvalue weighted by atomic mass is 10.1. The molecule has 0 aliphatic carbocycles. The summed E-state index contributed by atoms with van der Waals surface area (Å²) in [4.78, 5) is 24.0. The zero-order chi connectivity index (χ0) is 21.7. The lowest BCUT2D eigenvalue weighted by Gasteiger charge is -2.12. The summed E-state index contributed by atoms with van der Waals surface area (Å²) in [6.07, 6.45) is -1.31. The number of aromatic nitrogens is 1. The highest BCUT2D eigenvalue weighted by atomic mass is 32.2. The standard InChI is InChI=1S/C20H21N3O6S/c1-13-11-18(29-23-13)22-20(25)14(2)28-19(24)9-10-21-30(26,27)17-8-7-15-5-3-4-6-16(15)12-17/h3-8,11-12,14,21H,9-10H2,1-2H3,(H,22,25). The highest BCUT2D eigenvalue weighted by Gasteiger charge is 2.20. The second-order valence-corrected chi connectivity index (χ2v) is 8.38. The van der Waals surface area contributed by atoms with Gasteiger partial charge in [0, 0.05) is 12.6 Å². The number of carbonyl (C=O) groups is 2. The molecule has 9 nitrogen and oxygen atoms in total. The number of sulfonamides is 1. The Balaban J connectivity index is 1.49. The molecule has 1 heterocycles. The van der Waals surface area contributed by atoms with Gasteiger partial charge < -0.3 is 9.26 Å². The molecule has 158 valence electrons. The van der Waals surface area contributed by atoms with E-state index in [1.165, 1.54) is 19.1 Å². The Bertz CT molecular complexity index is 1170. The summed E-state index contributed by atoms with van der Waals surface area (Å²) in [5.41, 5.74) is 0.591. The zero-order valence-electron chi connectivity index (χ0n) is 16.4. The second kappa shape index (κ2) is 9.06. The van der Waals surface area contributed by atoms with E-state index < -0.39 is 28.0 Å². The Kier molecular flexibility index (Phi) is 6.48. The quantitative estimate of drug-likeness (QED) is 0.524. The van der Waals surface area contributed by atoms with Gasteiger partial charge in [0.1, 0.15) is 0 Å². The number of amides is 1. The van der Waals surface area contributed by atoms with Crippen LogP contribution in [0.2, 0.25) is 0 Å². The molecular weight excluding hydrogens is 410 g/mol. The van der Waals surface area contributed by atoms with Crippen molar-refractivity contribution in [3.8, 4) is 0 Å². The van der Waals surface area contributed by atoms with Gasteiger partial charge in [-0.05, 0) is 36.8 Å². The fourth-order valence-corrected chi connectivity index (χ4v) is 3.73. The van der Waals surface area contributed by atoms with E-state index in [-0.39, 0.29) is 23.7 Å². The predicted molar refractivity (Wildman–Crippen MR) is 109 cm³/mol. The Hall–Kier alpha value is -3.24. The largest absolute Gasteiger partial charge is 0.452 e. The van der Waals surface area contributed by atoms with Crippen molar-refractivity contribution in [3.63, 3.8) is 0 Å². The number of ether oxygens (including phenoxy) is 1. The summed E-state index contributed by atoms with van der Waals surface area (Å²) in [6, 6.07) is 13.7. The molecule has 2 N–H and O–H groups in total. The third-order valence-corrected chi connectivity index (χ3v) is 5.66. The van der Waals surface area contributed by atoms with Crippen molar-refractivity contribution >= 4 is 38.6 Å². The smallest absolute Gasteiger partial charge is 0.307 e. The van der Waals surface area contributed by atoms with E-state index in [1.807, 2.05) is 24.3 Å². The van der Waals surface area contributed by atoms with E-state index in [2.05, 4.69) is 15.2 Å². The van der Waals surface area contributed by atoms with Crippen LogP contribution in [0.3, 0.4) is 0 Å². The van der Waals surface area contributed by atoms with E-state index in [0.29, 0.717) is 5.69 Å². The molecule has 0 radical (unpaired) electrons. The van der Waals surface area contributed by atoms with Gasteiger partial charge in [-0.15, -0.1) is 0 Å². The number of carbonyl (C=O) groups excluding carboxylic acids is 2. The Morgan fingerprint density at radius 1 is 1.13 bits per heavy atom. The maximum atomic E-state index is 12.4. The molecule has 0 aliphatic heterocycles. The molecule has 0 spiro atoms. The molecule has 0 aliphatic rings. The van der Waals surface area contributed by atoms with Gasteiger partial charge in [0.2, 0.25) is 15.9 Å². The minimum Gasteiger partial charge on any atom is -0.452 e. The van der Waals surface area contributed by atoms with Crippen LogP contribution in [0.1, 0.15) is 19.0 Å². The molecule has 10 heteroatoms. The molecule has 3 rings (SSSR count). The van der Waals surface area contributed by atoms with Crippen LogP contribution < -0.4 is 10.0 Å². The maximum absolute atomic E-state index is 12.4. The van der Waals surface area contributed by atoms with Crippen LogP contribution in [0, 0.1) is 6.92 Å². The van der Waals surface area contributed by atoms with Gasteiger partial charge >= 0.3 is 5.97 Å². The topological polar surface area (TPSA) is 128 Å². The lowest BCUT2D eigenvalue weighted by molar-refractivity contribution is -0.153. The third kappa shape index (κ3) is 5.43. The Labute approximate surface area is 173 Å². The van der Waals surface area contributed by atoms with Crippen LogP contribution in [0.4, 0.5) is 5.88 Å². The van der Waals surface area contributed by atoms with Gasteiger partial charge in [0.25, 0.3) is 5.91 Å². The monoisotopic (exact) mass is 431 g/mol. The number of hydrogen-bond acceptors (Lipinski definition) is 7. The van der Waals surface area contributed by atoms with E-state index in [4.69, 9.17) is 9.26 Å². The fourth-order valence-electron chi connectivity index (χ4n) is 2.66. The summed E-state index contributed by atoms with van der Waals surface area (Å²) in [5, 5.41) is 7.78. The summed E-state index contributed by atoms with van der Waals surface area (Å²) in [5.74, 6) is -1.16. The van der Waals surface area contributed by atoms with Gasteiger partial charge in [-0.1, -0.05) is 35.5 Å². The first-order valence-corrected chi connectivity index (χ1v) is 10.6. The number of anilines is 1. The Morgan fingerprint density at radius 2 is 1.87 bits per heavy atom. The third-order valence-electron chi connectivity index (χ3n) is 4.20. The minimum atomic E-state index is -3.79. The van der Waals surface area contributed by atoms with Crippen molar-refractivity contribution in [3.05, 3.63) is 54.2 Å². The molecule has 0 fully saturated rings. The SMILES string of the molecule is Cc1cc(NC(=O)C(C)OC(=O)CCNS(=O)(=O)c2ccc3ccccc3c2)on1. The first-order valence-electron chi connectivity index (χ1n) is 9.17. The minimum absolute atomic E-state index is 0.102. The van der Waals surface area contributed by atoms with Crippen molar-refractivity contribution in [1.82, 2.24) is 9.88 Å². The van der Waals surface area contributed by atoms with Gasteiger partial charge in [0.05, 0.1) is 17.0 Å². The van der Waals surface area contributed by atoms with Crippen molar-refractivity contribution < 1.29 is 27.3 Å². The molecule has 1 aromatic heterocycles. The number of aryl methyl sites for hydroxylation is 1. The van der Waals surface area contributed by atoms with Crippen LogP contribution in [0.15, 0.2) is 57.9 Å². The maximum Gasteiger partial charge on any atom is 0.307 e. The highest BCUT2D eigenvalue weighted by molar-refractivity contribution is 7.89. The van der Waals surface area contributed by atoms with Crippen LogP contribution in [0.25, 0.3) is 10.8 Å². The summed E-state index contributed by atoms with van der Waals surface area (Å²) in [6.45, 7) is 2.93.